The Bertz CT molecular complexity index is 2910. The van der Waals surface area contributed by atoms with Crippen LogP contribution in [0.2, 0.25) is 0 Å². The van der Waals surface area contributed by atoms with Crippen molar-refractivity contribution in [1.82, 2.24) is 19.1 Å². The smallest absolute Gasteiger partial charge is 0.106 e. The lowest BCUT2D eigenvalue weighted by Crippen LogP contribution is -1.94. The van der Waals surface area contributed by atoms with Gasteiger partial charge in [-0.1, -0.05) is 115 Å². The molecule has 4 heteroatoms. The zero-order valence-corrected chi connectivity index (χ0v) is 29.6. The first-order valence-electron chi connectivity index (χ1n) is 17.9. The van der Waals surface area contributed by atoms with E-state index in [1.165, 1.54) is 76.8 Å². The number of fused-ring (bicyclic) bond motifs is 5. The second-order valence-corrected chi connectivity index (χ2v) is 14.0. The minimum Gasteiger partial charge on any atom is -0.331 e. The number of rotatable bonds is 4. The highest BCUT2D eigenvalue weighted by molar-refractivity contribution is 6.22. The predicted octanol–water partition coefficient (Wildman–Crippen LogP) is 12.2. The highest BCUT2D eigenvalue weighted by atomic mass is 15.1. The number of hydrogen-bond acceptors (Lipinski definition) is 2. The molecule has 0 saturated carbocycles. The van der Waals surface area contributed by atoms with Crippen LogP contribution in [0.3, 0.4) is 0 Å². The maximum absolute atomic E-state index is 4.80. The van der Waals surface area contributed by atoms with Gasteiger partial charge in [-0.05, 0) is 121 Å². The normalized spacial score (nSPS) is 11.8. The van der Waals surface area contributed by atoms with Crippen LogP contribution >= 0.6 is 0 Å². The van der Waals surface area contributed by atoms with Crippen LogP contribution in [0.15, 0.2) is 146 Å². The summed E-state index contributed by atoms with van der Waals surface area (Å²) in [7, 11) is 4.20. The van der Waals surface area contributed by atoms with Crippen LogP contribution in [-0.4, -0.2) is 19.1 Å². The van der Waals surface area contributed by atoms with Crippen LogP contribution in [0.1, 0.15) is 11.6 Å². The van der Waals surface area contributed by atoms with E-state index in [1.807, 2.05) is 0 Å². The Hall–Kier alpha value is -6.52. The average Bonchev–Trinajstić information content (AvgIpc) is 3.64. The molecule has 0 radical (unpaired) electrons. The van der Waals surface area contributed by atoms with Gasteiger partial charge < -0.3 is 9.13 Å². The Morgan fingerprint density at radius 1 is 0.385 bits per heavy atom. The summed E-state index contributed by atoms with van der Waals surface area (Å²) in [5.74, 6) is 2.02. The Balaban J connectivity index is 1.36. The molecule has 0 aliphatic carbocycles. The Kier molecular flexibility index (Phi) is 6.71. The number of nitrogens with zero attached hydrogens (tertiary/aromatic N) is 4. The molecule has 0 N–H and O–H groups in total. The van der Waals surface area contributed by atoms with E-state index in [1.54, 1.807) is 0 Å². The standard InChI is InChI=1S/C48H36N4/c1-29-49-43-24-21-33(26-45(43)51(29)3)35-16-10-18-38-41(35)28-42-36(34-22-25-44-46(27-34)52(4)30(2)50-44)17-11-19-39(42)48(38)40-23-20-31-12-8-9-15-37(31)47(40)32-13-6-5-7-14-32/h5-28H,1-4H3. The van der Waals surface area contributed by atoms with E-state index in [9.17, 15) is 0 Å². The number of benzene rings is 8. The molecular weight excluding hydrogens is 633 g/mol. The number of aromatic nitrogens is 4. The molecule has 248 valence electrons. The molecule has 0 spiro atoms. The molecule has 4 nitrogen and oxygen atoms in total. The number of aryl methyl sites for hydroxylation is 4. The van der Waals surface area contributed by atoms with Crippen molar-refractivity contribution in [1.29, 1.82) is 0 Å². The molecule has 0 bridgehead atoms. The van der Waals surface area contributed by atoms with Gasteiger partial charge in [0.2, 0.25) is 0 Å². The van der Waals surface area contributed by atoms with Crippen LogP contribution in [0.4, 0.5) is 0 Å². The third-order valence-electron chi connectivity index (χ3n) is 11.1. The van der Waals surface area contributed by atoms with Crippen molar-refractivity contribution in [3.05, 3.63) is 157 Å². The van der Waals surface area contributed by atoms with Crippen molar-refractivity contribution in [2.45, 2.75) is 13.8 Å². The summed E-state index contributed by atoms with van der Waals surface area (Å²) in [6.45, 7) is 4.13. The van der Waals surface area contributed by atoms with Gasteiger partial charge in [0.15, 0.2) is 0 Å². The molecule has 0 aliphatic rings. The summed E-state index contributed by atoms with van der Waals surface area (Å²) in [5, 5.41) is 7.39. The molecule has 0 atom stereocenters. The van der Waals surface area contributed by atoms with E-state index < -0.39 is 0 Å². The van der Waals surface area contributed by atoms with Crippen LogP contribution in [0.5, 0.6) is 0 Å². The molecule has 8 aromatic carbocycles. The van der Waals surface area contributed by atoms with Gasteiger partial charge in [0.25, 0.3) is 0 Å². The summed E-state index contributed by atoms with van der Waals surface area (Å²) >= 11 is 0. The first-order valence-corrected chi connectivity index (χ1v) is 17.9. The van der Waals surface area contributed by atoms with Crippen LogP contribution in [0.25, 0.3) is 98.9 Å². The van der Waals surface area contributed by atoms with E-state index in [4.69, 9.17) is 9.97 Å². The van der Waals surface area contributed by atoms with Crippen molar-refractivity contribution in [3.8, 4) is 44.5 Å². The van der Waals surface area contributed by atoms with Crippen molar-refractivity contribution < 1.29 is 0 Å². The van der Waals surface area contributed by atoms with Crippen LogP contribution < -0.4 is 0 Å². The molecule has 0 fully saturated rings. The SMILES string of the molecule is Cc1nc2ccc(-c3cccc4c(-c5ccc6ccccc6c5-c5ccccc5)c5cccc(-c6ccc7nc(C)n(C)c7c6)c5cc34)cc2n1C. The van der Waals surface area contributed by atoms with E-state index >= 15 is 0 Å². The molecule has 52 heavy (non-hydrogen) atoms. The van der Waals surface area contributed by atoms with Gasteiger partial charge in [0.1, 0.15) is 11.6 Å². The van der Waals surface area contributed by atoms with Crippen molar-refractivity contribution in [2.24, 2.45) is 14.1 Å². The number of hydrogen-bond donors (Lipinski definition) is 0. The zero-order chi connectivity index (χ0) is 35.1. The topological polar surface area (TPSA) is 35.6 Å². The zero-order valence-electron chi connectivity index (χ0n) is 29.6. The van der Waals surface area contributed by atoms with Crippen molar-refractivity contribution in [2.75, 3.05) is 0 Å². The second-order valence-electron chi connectivity index (χ2n) is 14.0. The van der Waals surface area contributed by atoms with Crippen molar-refractivity contribution >= 4 is 54.4 Å². The van der Waals surface area contributed by atoms with Gasteiger partial charge in [0, 0.05) is 14.1 Å². The minimum atomic E-state index is 1.01. The fourth-order valence-corrected chi connectivity index (χ4v) is 8.31. The summed E-state index contributed by atoms with van der Waals surface area (Å²) in [6.07, 6.45) is 0. The largest absolute Gasteiger partial charge is 0.331 e. The fourth-order valence-electron chi connectivity index (χ4n) is 8.31. The predicted molar refractivity (Wildman–Crippen MR) is 219 cm³/mol. The summed E-state index contributed by atoms with van der Waals surface area (Å²) in [4.78, 5) is 9.60. The van der Waals surface area contributed by atoms with Gasteiger partial charge in [-0.2, -0.15) is 0 Å². The lowest BCUT2D eigenvalue weighted by molar-refractivity contribution is 0.886. The third-order valence-corrected chi connectivity index (χ3v) is 11.1. The Morgan fingerprint density at radius 2 is 0.923 bits per heavy atom. The summed E-state index contributed by atoms with van der Waals surface area (Å²) in [5.41, 5.74) is 14.0. The molecule has 2 aromatic heterocycles. The summed E-state index contributed by atoms with van der Waals surface area (Å²) in [6, 6.07) is 53.6. The van der Waals surface area contributed by atoms with Gasteiger partial charge in [0.05, 0.1) is 22.1 Å². The number of imidazole rings is 2. The molecule has 10 aromatic rings. The maximum Gasteiger partial charge on any atom is 0.106 e. The maximum atomic E-state index is 4.80. The van der Waals surface area contributed by atoms with Gasteiger partial charge in [-0.25, -0.2) is 9.97 Å². The quantitative estimate of drug-likeness (QED) is 0.175. The molecule has 10 rings (SSSR count). The van der Waals surface area contributed by atoms with Crippen LogP contribution in [-0.2, 0) is 14.1 Å². The van der Waals surface area contributed by atoms with E-state index in [-0.39, 0.29) is 0 Å². The minimum absolute atomic E-state index is 1.01. The Morgan fingerprint density at radius 3 is 1.52 bits per heavy atom. The van der Waals surface area contributed by atoms with Gasteiger partial charge in [-0.3, -0.25) is 0 Å². The first kappa shape index (κ1) is 30.3. The van der Waals surface area contributed by atoms with E-state index in [2.05, 4.69) is 183 Å². The second kappa shape index (κ2) is 11.5. The lowest BCUT2D eigenvalue weighted by Gasteiger charge is -2.20. The molecule has 0 saturated heterocycles. The summed E-state index contributed by atoms with van der Waals surface area (Å²) < 4.78 is 4.36. The van der Waals surface area contributed by atoms with Gasteiger partial charge in [-0.15, -0.1) is 0 Å². The fraction of sp³-hybridized carbons (Fsp3) is 0.0833. The Labute approximate surface area is 302 Å². The first-order chi connectivity index (χ1) is 25.4. The molecular formula is C48H36N4. The monoisotopic (exact) mass is 668 g/mol. The van der Waals surface area contributed by atoms with Crippen LogP contribution in [0, 0.1) is 13.8 Å². The van der Waals surface area contributed by atoms with Crippen molar-refractivity contribution in [3.63, 3.8) is 0 Å². The molecule has 2 heterocycles. The van der Waals surface area contributed by atoms with E-state index in [0.717, 1.165) is 33.7 Å². The molecule has 0 aliphatic heterocycles. The average molecular weight is 669 g/mol. The molecule has 0 unspecified atom stereocenters. The molecule has 0 amide bonds. The highest BCUT2D eigenvalue weighted by Gasteiger charge is 2.21. The van der Waals surface area contributed by atoms with Gasteiger partial charge >= 0.3 is 0 Å². The van der Waals surface area contributed by atoms with E-state index in [0.29, 0.717) is 0 Å². The highest BCUT2D eigenvalue weighted by Crippen LogP contribution is 2.47. The lowest BCUT2D eigenvalue weighted by atomic mass is 9.83. The third kappa shape index (κ3) is 4.54.